The molecular weight excluding hydrogens is 212 g/mol. The molecule has 0 saturated carbocycles. The minimum Gasteiger partial charge on any atom is -0.459 e. The largest absolute Gasteiger partial charge is 0.459 e. The van der Waals surface area contributed by atoms with E-state index in [2.05, 4.69) is 20.4 Å². The van der Waals surface area contributed by atoms with Gasteiger partial charge in [-0.15, -0.1) is 0 Å². The molecule has 100 valence electrons. The molecule has 0 aromatic heterocycles. The van der Waals surface area contributed by atoms with Crippen molar-refractivity contribution in [3.63, 3.8) is 0 Å². The minimum atomic E-state index is -0.268. The summed E-state index contributed by atoms with van der Waals surface area (Å²) >= 11 is 0. The molecule has 0 spiro atoms. The quantitative estimate of drug-likeness (QED) is 0.337. The fourth-order valence-electron chi connectivity index (χ4n) is 1.69. The molecule has 0 N–H and O–H groups in total. The molecule has 0 aliphatic heterocycles. The second-order valence-electron chi connectivity index (χ2n) is 5.07. The van der Waals surface area contributed by atoms with Crippen molar-refractivity contribution in [2.24, 2.45) is 5.92 Å². The maximum atomic E-state index is 11.4. The van der Waals surface area contributed by atoms with Gasteiger partial charge in [0, 0.05) is 5.57 Å². The molecule has 2 unspecified atom stereocenters. The zero-order valence-corrected chi connectivity index (χ0v) is 11.9. The average molecular weight is 240 g/mol. The Hall–Kier alpha value is -0.790. The summed E-state index contributed by atoms with van der Waals surface area (Å²) in [5.41, 5.74) is 0.479. The lowest BCUT2D eigenvalue weighted by atomic mass is 9.98. The van der Waals surface area contributed by atoms with Crippen LogP contribution < -0.4 is 0 Å². The summed E-state index contributed by atoms with van der Waals surface area (Å²) in [6.45, 7) is 11.6. The first kappa shape index (κ1) is 16.2. The number of hydrogen-bond acceptors (Lipinski definition) is 2. The van der Waals surface area contributed by atoms with Crippen molar-refractivity contribution in [3.8, 4) is 0 Å². The van der Waals surface area contributed by atoms with Crippen LogP contribution >= 0.6 is 0 Å². The van der Waals surface area contributed by atoms with Gasteiger partial charge in [-0.05, 0) is 26.2 Å². The van der Waals surface area contributed by atoms with E-state index in [9.17, 15) is 4.79 Å². The van der Waals surface area contributed by atoms with Crippen LogP contribution in [0.2, 0.25) is 0 Å². The predicted octanol–water partition coefficient (Wildman–Crippen LogP) is 4.49. The molecule has 0 heterocycles. The molecule has 2 heteroatoms. The molecule has 0 aliphatic carbocycles. The molecule has 0 aromatic rings. The topological polar surface area (TPSA) is 26.3 Å². The van der Waals surface area contributed by atoms with Crippen molar-refractivity contribution in [2.75, 3.05) is 0 Å². The van der Waals surface area contributed by atoms with Gasteiger partial charge in [0.1, 0.15) is 6.10 Å². The summed E-state index contributed by atoms with van der Waals surface area (Å²) in [7, 11) is 0. The Labute approximate surface area is 106 Å². The van der Waals surface area contributed by atoms with E-state index in [0.29, 0.717) is 11.5 Å². The third-order valence-electron chi connectivity index (χ3n) is 3.21. The molecule has 0 bridgehead atoms. The summed E-state index contributed by atoms with van der Waals surface area (Å²) in [4.78, 5) is 11.4. The number of ether oxygens (including phenoxy) is 1. The van der Waals surface area contributed by atoms with Crippen LogP contribution in [0.1, 0.15) is 66.2 Å². The lowest BCUT2D eigenvalue weighted by Crippen LogP contribution is -2.22. The Bertz CT molecular complexity index is 233. The van der Waals surface area contributed by atoms with Crippen LogP contribution in [0.5, 0.6) is 0 Å². The first-order chi connectivity index (χ1) is 7.99. The van der Waals surface area contributed by atoms with E-state index in [0.717, 1.165) is 6.42 Å². The van der Waals surface area contributed by atoms with Crippen LogP contribution in [0, 0.1) is 5.92 Å². The average Bonchev–Trinajstić information content (AvgIpc) is 2.28. The van der Waals surface area contributed by atoms with Gasteiger partial charge in [-0.25, -0.2) is 4.79 Å². The number of esters is 1. The second kappa shape index (κ2) is 9.26. The SMILES string of the molecule is C=C(C)C(=O)OC(C)C(C)CCCCCCC. The zero-order chi connectivity index (χ0) is 13.3. The van der Waals surface area contributed by atoms with Crippen molar-refractivity contribution in [2.45, 2.75) is 72.3 Å². The van der Waals surface area contributed by atoms with Gasteiger partial charge < -0.3 is 4.74 Å². The predicted molar refractivity (Wildman–Crippen MR) is 72.9 cm³/mol. The molecule has 0 aromatic carbocycles. The summed E-state index contributed by atoms with van der Waals surface area (Å²) in [5.74, 6) is 0.162. The lowest BCUT2D eigenvalue weighted by Gasteiger charge is -2.20. The van der Waals surface area contributed by atoms with Crippen molar-refractivity contribution in [1.29, 1.82) is 0 Å². The highest BCUT2D eigenvalue weighted by Gasteiger charge is 2.16. The van der Waals surface area contributed by atoms with E-state index < -0.39 is 0 Å². The molecular formula is C15H28O2. The van der Waals surface area contributed by atoms with Gasteiger partial charge in [-0.1, -0.05) is 52.5 Å². The van der Waals surface area contributed by atoms with E-state index >= 15 is 0 Å². The van der Waals surface area contributed by atoms with Crippen molar-refractivity contribution in [1.82, 2.24) is 0 Å². The van der Waals surface area contributed by atoms with E-state index in [1.165, 1.54) is 32.1 Å². The van der Waals surface area contributed by atoms with Crippen LogP contribution in [-0.2, 0) is 9.53 Å². The summed E-state index contributed by atoms with van der Waals surface area (Å²) < 4.78 is 5.31. The first-order valence-corrected chi connectivity index (χ1v) is 6.85. The van der Waals surface area contributed by atoms with Gasteiger partial charge in [-0.2, -0.15) is 0 Å². The van der Waals surface area contributed by atoms with Gasteiger partial charge in [0.15, 0.2) is 0 Å². The van der Waals surface area contributed by atoms with Crippen LogP contribution in [0.25, 0.3) is 0 Å². The summed E-state index contributed by atoms with van der Waals surface area (Å²) in [6, 6.07) is 0. The smallest absolute Gasteiger partial charge is 0.333 e. The molecule has 0 aliphatic rings. The molecule has 0 rings (SSSR count). The molecule has 17 heavy (non-hydrogen) atoms. The van der Waals surface area contributed by atoms with Gasteiger partial charge >= 0.3 is 5.97 Å². The number of rotatable bonds is 9. The number of unbranched alkanes of at least 4 members (excludes halogenated alkanes) is 4. The Morgan fingerprint density at radius 3 is 2.29 bits per heavy atom. The van der Waals surface area contributed by atoms with Crippen LogP contribution in [-0.4, -0.2) is 12.1 Å². The standard InChI is InChI=1S/C15H28O2/c1-6-7-8-9-10-11-13(4)14(5)17-15(16)12(2)3/h13-14H,2,6-11H2,1,3-5H3. The van der Waals surface area contributed by atoms with Crippen LogP contribution in [0.3, 0.4) is 0 Å². The number of carbonyl (C=O) groups is 1. The van der Waals surface area contributed by atoms with E-state index in [-0.39, 0.29) is 12.1 Å². The maximum absolute atomic E-state index is 11.4. The number of hydrogen-bond donors (Lipinski definition) is 0. The Balaban J connectivity index is 3.70. The van der Waals surface area contributed by atoms with Crippen LogP contribution in [0.15, 0.2) is 12.2 Å². The van der Waals surface area contributed by atoms with Gasteiger partial charge in [0.05, 0.1) is 0 Å². The highest BCUT2D eigenvalue weighted by molar-refractivity contribution is 5.87. The fourth-order valence-corrected chi connectivity index (χ4v) is 1.69. The van der Waals surface area contributed by atoms with Gasteiger partial charge in [0.25, 0.3) is 0 Å². The van der Waals surface area contributed by atoms with Crippen molar-refractivity contribution >= 4 is 5.97 Å². The highest BCUT2D eigenvalue weighted by Crippen LogP contribution is 2.17. The third kappa shape index (κ3) is 8.00. The summed E-state index contributed by atoms with van der Waals surface area (Å²) in [6.07, 6.45) is 7.58. The number of carbonyl (C=O) groups excluding carboxylic acids is 1. The zero-order valence-electron chi connectivity index (χ0n) is 11.9. The molecule has 2 nitrogen and oxygen atoms in total. The summed E-state index contributed by atoms with van der Waals surface area (Å²) in [5, 5.41) is 0. The van der Waals surface area contributed by atoms with Crippen LogP contribution in [0.4, 0.5) is 0 Å². The second-order valence-corrected chi connectivity index (χ2v) is 5.07. The fraction of sp³-hybridized carbons (Fsp3) is 0.800. The van der Waals surface area contributed by atoms with E-state index in [1.54, 1.807) is 6.92 Å². The van der Waals surface area contributed by atoms with Gasteiger partial charge in [0.2, 0.25) is 0 Å². The molecule has 0 radical (unpaired) electrons. The monoisotopic (exact) mass is 240 g/mol. The van der Waals surface area contributed by atoms with E-state index in [4.69, 9.17) is 4.74 Å². The first-order valence-electron chi connectivity index (χ1n) is 6.85. The van der Waals surface area contributed by atoms with Crippen molar-refractivity contribution < 1.29 is 9.53 Å². The van der Waals surface area contributed by atoms with Crippen molar-refractivity contribution in [3.05, 3.63) is 12.2 Å². The highest BCUT2D eigenvalue weighted by atomic mass is 16.5. The Morgan fingerprint density at radius 1 is 1.18 bits per heavy atom. The molecule has 2 atom stereocenters. The minimum absolute atomic E-state index is 0.00891. The normalized spacial score (nSPS) is 14.1. The molecule has 0 amide bonds. The molecule has 0 fully saturated rings. The van der Waals surface area contributed by atoms with Gasteiger partial charge in [-0.3, -0.25) is 0 Å². The third-order valence-corrected chi connectivity index (χ3v) is 3.21. The molecule has 0 saturated heterocycles. The Morgan fingerprint density at radius 2 is 1.76 bits per heavy atom. The maximum Gasteiger partial charge on any atom is 0.333 e. The van der Waals surface area contributed by atoms with E-state index in [1.807, 2.05) is 6.92 Å². The Kier molecular flexibility index (Phi) is 8.83. The lowest BCUT2D eigenvalue weighted by molar-refractivity contribution is -0.145.